The first kappa shape index (κ1) is 29.5. The average molecular weight is 465 g/mol. The van der Waals surface area contributed by atoms with E-state index in [0.29, 0.717) is 0 Å². The molecule has 176 valence electrons. The number of hydrogen-bond acceptors (Lipinski definition) is 4. The molecule has 0 spiro atoms. The molecule has 0 rings (SSSR count). The van der Waals surface area contributed by atoms with E-state index < -0.39 is 25.7 Å². The van der Waals surface area contributed by atoms with Gasteiger partial charge in [-0.1, -0.05) is 97.8 Å². The van der Waals surface area contributed by atoms with Crippen LogP contribution in [0.3, 0.4) is 0 Å². The van der Waals surface area contributed by atoms with E-state index in [-0.39, 0.29) is 0 Å². The van der Waals surface area contributed by atoms with Crippen molar-refractivity contribution in [2.24, 2.45) is 0 Å². The van der Waals surface area contributed by atoms with Crippen LogP contribution < -0.4 is 0 Å². The van der Waals surface area contributed by atoms with Crippen LogP contribution in [0.5, 0.6) is 0 Å². The van der Waals surface area contributed by atoms with Gasteiger partial charge in [-0.2, -0.15) is 0 Å². The summed E-state index contributed by atoms with van der Waals surface area (Å²) in [6.07, 6.45) is 14.4. The largest absolute Gasteiger partial charge is 0.415 e. The van der Waals surface area contributed by atoms with Crippen LogP contribution in [0, 0.1) is 0 Å². The molecule has 3 unspecified atom stereocenters. The van der Waals surface area contributed by atoms with Crippen molar-refractivity contribution in [3.8, 4) is 0 Å². The normalized spacial score (nSPS) is 18.2. The molecule has 0 amide bonds. The van der Waals surface area contributed by atoms with Crippen molar-refractivity contribution in [2.75, 3.05) is 7.11 Å². The molecule has 0 aromatic carbocycles. The summed E-state index contributed by atoms with van der Waals surface area (Å²) in [6, 6.07) is 2.80. The first-order chi connectivity index (χ1) is 13.7. The smallest absolute Gasteiger partial charge is 0.325 e. The number of unbranched alkanes of at least 4 members (excludes halogenated alkanes) is 9. The quantitative estimate of drug-likeness (QED) is 0.149. The predicted octanol–water partition coefficient (Wildman–Crippen LogP) is 7.62. The van der Waals surface area contributed by atoms with E-state index in [9.17, 15) is 4.80 Å². The van der Waals surface area contributed by atoms with Gasteiger partial charge in [-0.3, -0.25) is 0 Å². The third kappa shape index (κ3) is 15.0. The Balaban J connectivity index is 5.05. The lowest BCUT2D eigenvalue weighted by molar-refractivity contribution is 0.249. The van der Waals surface area contributed by atoms with Crippen molar-refractivity contribution in [2.45, 2.75) is 136 Å². The molecule has 0 saturated carbocycles. The molecule has 4 nitrogen and oxygen atoms in total. The molecule has 0 saturated heterocycles. The molecule has 29 heavy (non-hydrogen) atoms. The van der Waals surface area contributed by atoms with E-state index in [4.69, 9.17) is 12.7 Å². The van der Waals surface area contributed by atoms with Crippen LogP contribution in [0.25, 0.3) is 0 Å². The minimum absolute atomic E-state index is 0.815. The highest BCUT2D eigenvalue weighted by Crippen LogP contribution is 2.30. The maximum absolute atomic E-state index is 11.1. The monoisotopic (exact) mass is 464 g/mol. The van der Waals surface area contributed by atoms with E-state index in [2.05, 4.69) is 33.9 Å². The summed E-state index contributed by atoms with van der Waals surface area (Å²) in [5, 5.41) is 0. The molecule has 3 atom stereocenters. The fraction of sp³-hybridized carbons (Fsp3) is 1.00. The Morgan fingerprint density at radius 1 is 0.552 bits per heavy atom. The van der Waals surface area contributed by atoms with Crippen LogP contribution >= 0.6 is 0 Å². The molecule has 0 aliphatic rings. The van der Waals surface area contributed by atoms with E-state index in [1.165, 1.54) is 57.8 Å². The Bertz CT molecular complexity index is 398. The number of hydrogen-bond donors (Lipinski definition) is 1. The van der Waals surface area contributed by atoms with Crippen LogP contribution in [0.4, 0.5) is 0 Å². The maximum atomic E-state index is 11.1. The second-order valence-electron chi connectivity index (χ2n) is 9.28. The third-order valence-electron chi connectivity index (χ3n) is 5.76. The summed E-state index contributed by atoms with van der Waals surface area (Å²) in [7, 11) is -5.66. The van der Waals surface area contributed by atoms with Gasteiger partial charge < -0.3 is 17.5 Å². The van der Waals surface area contributed by atoms with Gasteiger partial charge in [-0.15, -0.1) is 0 Å². The minimum Gasteiger partial charge on any atom is -0.415 e. The molecule has 0 fully saturated rings. The molecule has 0 aromatic heterocycles. The Hall–Kier alpha value is 0.491. The van der Waals surface area contributed by atoms with Gasteiger partial charge in [-0.05, 0) is 37.8 Å². The van der Waals surface area contributed by atoms with Gasteiger partial charge >= 0.3 is 25.7 Å². The second-order valence-corrected chi connectivity index (χ2v) is 19.7. The summed E-state index contributed by atoms with van der Waals surface area (Å²) >= 11 is 0. The first-order valence-corrected chi connectivity index (χ1v) is 19.9. The fourth-order valence-corrected chi connectivity index (χ4v) is 16.7. The van der Waals surface area contributed by atoms with Gasteiger partial charge in [0, 0.05) is 7.11 Å². The van der Waals surface area contributed by atoms with Gasteiger partial charge in [0.05, 0.1) is 0 Å². The van der Waals surface area contributed by atoms with Gasteiger partial charge in [-0.25, -0.2) is 0 Å². The summed E-state index contributed by atoms with van der Waals surface area (Å²) in [5.74, 6) is 0. The van der Waals surface area contributed by atoms with Crippen LogP contribution in [0.2, 0.25) is 37.8 Å². The summed E-state index contributed by atoms with van der Waals surface area (Å²) in [4.78, 5) is 11.1. The first-order valence-electron chi connectivity index (χ1n) is 12.3. The van der Waals surface area contributed by atoms with E-state index in [0.717, 1.165) is 37.4 Å². The van der Waals surface area contributed by atoms with Crippen molar-refractivity contribution in [3.63, 3.8) is 0 Å². The van der Waals surface area contributed by atoms with Crippen molar-refractivity contribution in [1.29, 1.82) is 0 Å². The van der Waals surface area contributed by atoms with Gasteiger partial charge in [0.1, 0.15) is 0 Å². The van der Waals surface area contributed by atoms with Crippen LogP contribution in [0.1, 0.15) is 97.8 Å². The summed E-state index contributed by atoms with van der Waals surface area (Å²) in [5.41, 5.74) is 0. The molecule has 0 aliphatic heterocycles. The van der Waals surface area contributed by atoms with E-state index >= 15 is 0 Å². The van der Waals surface area contributed by atoms with Crippen molar-refractivity contribution >= 4 is 25.7 Å². The topological polar surface area (TPSA) is 47.9 Å². The van der Waals surface area contributed by atoms with Crippen molar-refractivity contribution in [3.05, 3.63) is 0 Å². The Kier molecular flexibility index (Phi) is 16.4. The SMILES string of the molecule is CCCCCC[Si](C)(O)O[Si](C)(CCCCCC)O[Si](C)(CCCCCC)OC. The molecule has 0 aliphatic carbocycles. The molecule has 0 aromatic rings. The van der Waals surface area contributed by atoms with Crippen molar-refractivity contribution in [1.82, 2.24) is 0 Å². The maximum Gasteiger partial charge on any atom is 0.325 e. The molecule has 1 N–H and O–H groups in total. The molecule has 0 radical (unpaired) electrons. The summed E-state index contributed by atoms with van der Waals surface area (Å²) < 4.78 is 19.4. The van der Waals surface area contributed by atoms with Crippen LogP contribution in [-0.2, 0) is 12.7 Å². The second kappa shape index (κ2) is 16.2. The highest BCUT2D eigenvalue weighted by molar-refractivity contribution is 6.85. The highest BCUT2D eigenvalue weighted by atomic mass is 28.5. The highest BCUT2D eigenvalue weighted by Gasteiger charge is 2.46. The summed E-state index contributed by atoms with van der Waals surface area (Å²) in [6.45, 7) is 13.0. The molecule has 7 heteroatoms. The third-order valence-corrected chi connectivity index (χ3v) is 17.4. The van der Waals surface area contributed by atoms with Crippen molar-refractivity contribution < 1.29 is 17.5 Å². The zero-order valence-electron chi connectivity index (χ0n) is 20.8. The van der Waals surface area contributed by atoms with E-state index in [1.807, 2.05) is 6.55 Å². The fourth-order valence-electron chi connectivity index (χ4n) is 3.92. The Morgan fingerprint density at radius 2 is 0.966 bits per heavy atom. The zero-order valence-corrected chi connectivity index (χ0v) is 23.8. The zero-order chi connectivity index (χ0) is 22.2. The minimum atomic E-state index is -2.71. The van der Waals surface area contributed by atoms with Gasteiger partial charge in [0.25, 0.3) is 0 Å². The standard InChI is InChI=1S/C22H52O4Si3/c1-8-11-14-17-20-27(5,23)25-29(7,22-19-16-13-10-3)26-28(6,24-4)21-18-15-12-9-2/h23H,8-22H2,1-7H3. The predicted molar refractivity (Wildman–Crippen MR) is 133 cm³/mol. The van der Waals surface area contributed by atoms with Crippen LogP contribution in [-0.4, -0.2) is 37.6 Å². The Morgan fingerprint density at radius 3 is 1.38 bits per heavy atom. The molecule has 0 bridgehead atoms. The lowest BCUT2D eigenvalue weighted by atomic mass is 10.2. The van der Waals surface area contributed by atoms with Crippen LogP contribution in [0.15, 0.2) is 0 Å². The molecule has 0 heterocycles. The van der Waals surface area contributed by atoms with Gasteiger partial charge in [0.15, 0.2) is 0 Å². The molecular weight excluding hydrogens is 412 g/mol. The average Bonchev–Trinajstić information content (AvgIpc) is 2.65. The Labute approximate surface area is 185 Å². The lowest BCUT2D eigenvalue weighted by Crippen LogP contribution is -2.56. The lowest BCUT2D eigenvalue weighted by Gasteiger charge is -2.40. The number of rotatable bonds is 20. The van der Waals surface area contributed by atoms with Gasteiger partial charge in [0.2, 0.25) is 0 Å². The van der Waals surface area contributed by atoms with E-state index in [1.54, 1.807) is 7.11 Å². The molecular formula is C22H52O4Si3.